The first kappa shape index (κ1) is 22.1. The fourth-order valence-electron chi connectivity index (χ4n) is 4.18. The fraction of sp³-hybridized carbons (Fsp3) is 0.111. The van der Waals surface area contributed by atoms with Crippen molar-refractivity contribution in [2.45, 2.75) is 5.41 Å². The van der Waals surface area contributed by atoms with E-state index in [0.29, 0.717) is 0 Å². The van der Waals surface area contributed by atoms with E-state index >= 15 is 0 Å². The number of methoxy groups -OCH3 is 2. The van der Waals surface area contributed by atoms with Crippen molar-refractivity contribution < 1.29 is 9.47 Å². The summed E-state index contributed by atoms with van der Waals surface area (Å²) >= 11 is 4.71. The van der Waals surface area contributed by atoms with E-state index < -0.39 is 5.41 Å². The summed E-state index contributed by atoms with van der Waals surface area (Å²) < 4.78 is 13.3. The molecule has 0 saturated heterocycles. The summed E-state index contributed by atoms with van der Waals surface area (Å²) in [5.74, 6) is 1.76. The van der Waals surface area contributed by atoms with Crippen LogP contribution in [0.3, 0.4) is 0 Å². The molecule has 4 aromatic rings. The Kier molecular flexibility index (Phi) is 6.86. The third-order valence-corrected chi connectivity index (χ3v) is 7.27. The molecular formula is C27H22I2O2. The van der Waals surface area contributed by atoms with E-state index in [0.717, 1.165) is 18.6 Å². The molecule has 156 valence electrons. The Bertz CT molecular complexity index is 1080. The van der Waals surface area contributed by atoms with E-state index in [9.17, 15) is 0 Å². The quantitative estimate of drug-likeness (QED) is 0.164. The lowest BCUT2D eigenvalue weighted by Gasteiger charge is -2.37. The van der Waals surface area contributed by atoms with Crippen LogP contribution in [0.5, 0.6) is 11.5 Å². The molecule has 0 atom stereocenters. The van der Waals surface area contributed by atoms with E-state index in [2.05, 4.69) is 142 Å². The average molecular weight is 632 g/mol. The van der Waals surface area contributed by atoms with Gasteiger partial charge in [-0.3, -0.25) is 0 Å². The lowest BCUT2D eigenvalue weighted by Crippen LogP contribution is -2.31. The second-order valence-corrected chi connectivity index (χ2v) is 9.51. The van der Waals surface area contributed by atoms with Gasteiger partial charge < -0.3 is 9.47 Å². The predicted octanol–water partition coefficient (Wildman–Crippen LogP) is 7.30. The van der Waals surface area contributed by atoms with Gasteiger partial charge in [0.25, 0.3) is 0 Å². The molecule has 0 heterocycles. The van der Waals surface area contributed by atoms with Crippen LogP contribution in [0.1, 0.15) is 22.3 Å². The Labute approximate surface area is 210 Å². The van der Waals surface area contributed by atoms with Crippen molar-refractivity contribution in [3.63, 3.8) is 0 Å². The second kappa shape index (κ2) is 9.61. The molecule has 4 aromatic carbocycles. The molecular weight excluding hydrogens is 610 g/mol. The summed E-state index contributed by atoms with van der Waals surface area (Å²) in [6, 6.07) is 34.3. The Morgan fingerprint density at radius 1 is 0.516 bits per heavy atom. The van der Waals surface area contributed by atoms with Crippen molar-refractivity contribution >= 4 is 45.2 Å². The monoisotopic (exact) mass is 632 g/mol. The van der Waals surface area contributed by atoms with E-state index in [1.165, 1.54) is 22.3 Å². The third kappa shape index (κ3) is 4.07. The Morgan fingerprint density at radius 2 is 0.903 bits per heavy atom. The average Bonchev–Trinajstić information content (AvgIpc) is 2.81. The molecule has 0 radical (unpaired) electrons. The van der Waals surface area contributed by atoms with Gasteiger partial charge in [-0.15, -0.1) is 0 Å². The highest BCUT2D eigenvalue weighted by molar-refractivity contribution is 14.1. The number of ether oxygens (including phenoxy) is 2. The minimum atomic E-state index is -0.485. The van der Waals surface area contributed by atoms with Crippen LogP contribution in [0, 0.1) is 7.14 Å². The van der Waals surface area contributed by atoms with E-state index in [1.807, 2.05) is 0 Å². The Morgan fingerprint density at radius 3 is 1.23 bits per heavy atom. The maximum atomic E-state index is 5.55. The molecule has 0 N–H and O–H groups in total. The molecule has 4 heteroatoms. The molecule has 4 rings (SSSR count). The number of rotatable bonds is 6. The highest BCUT2D eigenvalue weighted by Gasteiger charge is 2.39. The van der Waals surface area contributed by atoms with Crippen LogP contribution in [0.25, 0.3) is 0 Å². The Hall–Kier alpha value is -2.06. The van der Waals surface area contributed by atoms with E-state index in [4.69, 9.17) is 9.47 Å². The van der Waals surface area contributed by atoms with Crippen LogP contribution in [0.2, 0.25) is 0 Å². The number of halogens is 2. The number of hydrogen-bond acceptors (Lipinski definition) is 2. The second-order valence-electron chi connectivity index (χ2n) is 7.18. The molecule has 0 unspecified atom stereocenters. The molecule has 0 saturated carbocycles. The smallest absolute Gasteiger partial charge is 0.132 e. The maximum absolute atomic E-state index is 5.55. The van der Waals surface area contributed by atoms with Crippen molar-refractivity contribution in [1.82, 2.24) is 0 Å². The van der Waals surface area contributed by atoms with E-state index in [-0.39, 0.29) is 0 Å². The van der Waals surface area contributed by atoms with Gasteiger partial charge in [0.2, 0.25) is 0 Å². The predicted molar refractivity (Wildman–Crippen MR) is 143 cm³/mol. The number of benzene rings is 4. The molecule has 0 aromatic heterocycles. The van der Waals surface area contributed by atoms with Gasteiger partial charge in [-0.25, -0.2) is 0 Å². The van der Waals surface area contributed by atoms with Gasteiger partial charge in [0.15, 0.2) is 0 Å². The highest BCUT2D eigenvalue weighted by Crippen LogP contribution is 2.47. The van der Waals surface area contributed by atoms with Crippen LogP contribution in [-0.2, 0) is 5.41 Å². The molecule has 31 heavy (non-hydrogen) atoms. The molecule has 0 aliphatic rings. The van der Waals surface area contributed by atoms with Crippen LogP contribution >= 0.6 is 45.2 Å². The first-order valence-electron chi connectivity index (χ1n) is 9.90. The zero-order valence-electron chi connectivity index (χ0n) is 17.3. The molecule has 0 aliphatic carbocycles. The highest BCUT2D eigenvalue weighted by atomic mass is 127. The van der Waals surface area contributed by atoms with Crippen molar-refractivity contribution in [2.75, 3.05) is 14.2 Å². The maximum Gasteiger partial charge on any atom is 0.132 e. The minimum absolute atomic E-state index is 0.485. The molecule has 0 bridgehead atoms. The zero-order chi connectivity index (χ0) is 21.8. The third-order valence-electron chi connectivity index (χ3n) is 5.58. The summed E-state index contributed by atoms with van der Waals surface area (Å²) in [7, 11) is 3.43. The van der Waals surface area contributed by atoms with Gasteiger partial charge >= 0.3 is 0 Å². The molecule has 0 aliphatic heterocycles. The SMILES string of the molecule is COc1ccc(C(c2ccccc2)(c2ccccc2)c2ccc(OC)c(I)c2)cc1I. The topological polar surface area (TPSA) is 18.5 Å². The van der Waals surface area contributed by atoms with Gasteiger partial charge in [0.05, 0.1) is 26.8 Å². The molecule has 0 amide bonds. The zero-order valence-corrected chi connectivity index (χ0v) is 21.6. The van der Waals surface area contributed by atoms with E-state index in [1.54, 1.807) is 14.2 Å². The lowest BCUT2D eigenvalue weighted by molar-refractivity contribution is 0.411. The summed E-state index contributed by atoms with van der Waals surface area (Å²) in [4.78, 5) is 0. The normalized spacial score (nSPS) is 11.2. The van der Waals surface area contributed by atoms with Crippen molar-refractivity contribution in [3.05, 3.63) is 126 Å². The Balaban J connectivity index is 2.12. The van der Waals surface area contributed by atoms with Crippen LogP contribution in [0.15, 0.2) is 97.1 Å². The standard InChI is InChI=1S/C27H22I2O2/c1-30-25-15-13-21(17-23(25)28)27(19-9-5-3-6-10-19,20-11-7-4-8-12-20)22-14-16-26(31-2)24(29)18-22/h3-18H,1-2H3. The largest absolute Gasteiger partial charge is 0.496 e. The van der Waals surface area contributed by atoms with Gasteiger partial charge in [-0.2, -0.15) is 0 Å². The summed E-state index contributed by atoms with van der Waals surface area (Å²) in [5, 5.41) is 0. The van der Waals surface area contributed by atoms with Crippen LogP contribution < -0.4 is 9.47 Å². The lowest BCUT2D eigenvalue weighted by atomic mass is 9.65. The molecule has 2 nitrogen and oxygen atoms in total. The first-order chi connectivity index (χ1) is 15.1. The first-order valence-corrected chi connectivity index (χ1v) is 12.1. The van der Waals surface area contributed by atoms with Gasteiger partial charge in [-0.05, 0) is 91.7 Å². The fourth-order valence-corrected chi connectivity index (χ4v) is 5.65. The summed E-state index contributed by atoms with van der Waals surface area (Å²) in [5.41, 5.74) is 4.32. The minimum Gasteiger partial charge on any atom is -0.496 e. The molecule has 0 spiro atoms. The van der Waals surface area contributed by atoms with Crippen molar-refractivity contribution in [2.24, 2.45) is 0 Å². The van der Waals surface area contributed by atoms with Gasteiger partial charge in [0, 0.05) is 0 Å². The number of hydrogen-bond donors (Lipinski definition) is 0. The van der Waals surface area contributed by atoms with Crippen LogP contribution in [-0.4, -0.2) is 14.2 Å². The van der Waals surface area contributed by atoms with Crippen molar-refractivity contribution in [3.8, 4) is 11.5 Å². The summed E-state index contributed by atoms with van der Waals surface area (Å²) in [6.07, 6.45) is 0. The van der Waals surface area contributed by atoms with Gasteiger partial charge in [0.1, 0.15) is 11.5 Å². The molecule has 0 fully saturated rings. The van der Waals surface area contributed by atoms with Crippen molar-refractivity contribution in [1.29, 1.82) is 0 Å². The van der Waals surface area contributed by atoms with Gasteiger partial charge in [-0.1, -0.05) is 72.8 Å². The van der Waals surface area contributed by atoms with Crippen LogP contribution in [0.4, 0.5) is 0 Å². The summed E-state index contributed by atoms with van der Waals surface area (Å²) in [6.45, 7) is 0.